The van der Waals surface area contributed by atoms with Gasteiger partial charge in [-0.1, -0.05) is 19.9 Å². The molecule has 6 heteroatoms. The first kappa shape index (κ1) is 18.2. The molecule has 1 saturated carbocycles. The summed E-state index contributed by atoms with van der Waals surface area (Å²) >= 11 is 0. The lowest BCUT2D eigenvalue weighted by molar-refractivity contribution is -0.128. The molecule has 1 aromatic heterocycles. The Kier molecular flexibility index (Phi) is 3.76. The van der Waals surface area contributed by atoms with Gasteiger partial charge in [-0.15, -0.1) is 0 Å². The van der Waals surface area contributed by atoms with Crippen LogP contribution in [0.1, 0.15) is 38.7 Å². The highest BCUT2D eigenvalue weighted by atomic mass is 16.2. The Morgan fingerprint density at radius 2 is 2.03 bits per heavy atom. The summed E-state index contributed by atoms with van der Waals surface area (Å²) in [5.74, 6) is 1.20. The Morgan fingerprint density at radius 3 is 2.70 bits per heavy atom. The average Bonchev–Trinajstić information content (AvgIpc) is 2.80. The summed E-state index contributed by atoms with van der Waals surface area (Å²) < 4.78 is 0. The number of carbonyl (C=O) groups excluding carboxylic acids is 1. The molecular formula is C24H29N5O. The van der Waals surface area contributed by atoms with Crippen molar-refractivity contribution in [3.63, 3.8) is 0 Å². The van der Waals surface area contributed by atoms with Gasteiger partial charge in [-0.05, 0) is 48.9 Å². The van der Waals surface area contributed by atoms with Gasteiger partial charge in [-0.3, -0.25) is 4.79 Å². The van der Waals surface area contributed by atoms with Crippen LogP contribution < -0.4 is 20.4 Å². The Bertz CT molecular complexity index is 1010. The molecule has 2 saturated heterocycles. The summed E-state index contributed by atoms with van der Waals surface area (Å²) in [6.07, 6.45) is 4.97. The van der Waals surface area contributed by atoms with Crippen LogP contribution in [-0.2, 0) is 11.3 Å². The lowest BCUT2D eigenvalue weighted by Crippen LogP contribution is -2.76. The standard InChI is InChI=1S/C24H29N5O/c1-23(2)11-17(12-23)22(30)28-13-16-4-3-8-26-21(16)27-19-6-5-18(10-20(19)28)29-9-7-24(29)14-25-15-24/h3-6,8,10,17,25H,7,9,11-15H2,1-2H3,(H,26,27). The summed E-state index contributed by atoms with van der Waals surface area (Å²) in [5.41, 5.74) is 4.78. The molecule has 0 radical (unpaired) electrons. The van der Waals surface area contributed by atoms with E-state index in [1.165, 1.54) is 12.1 Å². The number of hydrogen-bond acceptors (Lipinski definition) is 5. The third kappa shape index (κ3) is 2.66. The Labute approximate surface area is 177 Å². The van der Waals surface area contributed by atoms with Gasteiger partial charge < -0.3 is 20.4 Å². The fourth-order valence-corrected chi connectivity index (χ4v) is 5.67. The zero-order chi connectivity index (χ0) is 20.5. The maximum absolute atomic E-state index is 13.6. The fourth-order valence-electron chi connectivity index (χ4n) is 5.67. The third-order valence-corrected chi connectivity index (χ3v) is 7.55. The first-order chi connectivity index (χ1) is 14.4. The van der Waals surface area contributed by atoms with Crippen LogP contribution in [0.2, 0.25) is 0 Å². The molecule has 30 heavy (non-hydrogen) atoms. The molecule has 6 nitrogen and oxygen atoms in total. The van der Waals surface area contributed by atoms with Crippen LogP contribution in [-0.4, -0.2) is 36.1 Å². The van der Waals surface area contributed by atoms with Gasteiger partial charge in [0.15, 0.2) is 0 Å². The molecule has 0 atom stereocenters. The van der Waals surface area contributed by atoms with E-state index in [1.54, 1.807) is 6.20 Å². The molecule has 4 heterocycles. The maximum Gasteiger partial charge on any atom is 0.230 e. The van der Waals surface area contributed by atoms with Crippen molar-refractivity contribution in [3.05, 3.63) is 42.1 Å². The Balaban J connectivity index is 1.39. The molecule has 2 N–H and O–H groups in total. The van der Waals surface area contributed by atoms with Crippen molar-refractivity contribution in [3.8, 4) is 0 Å². The predicted octanol–water partition coefficient (Wildman–Crippen LogP) is 3.66. The minimum atomic E-state index is 0.112. The second-order valence-corrected chi connectivity index (χ2v) is 10.3. The summed E-state index contributed by atoms with van der Waals surface area (Å²) in [6, 6.07) is 10.5. The molecule has 3 fully saturated rings. The summed E-state index contributed by atoms with van der Waals surface area (Å²) in [5, 5.41) is 6.92. The van der Waals surface area contributed by atoms with E-state index in [9.17, 15) is 4.79 Å². The first-order valence-corrected chi connectivity index (χ1v) is 11.1. The number of amides is 1. The smallest absolute Gasteiger partial charge is 0.230 e. The number of anilines is 4. The van der Waals surface area contributed by atoms with Crippen LogP contribution in [0.3, 0.4) is 0 Å². The zero-order valence-corrected chi connectivity index (χ0v) is 17.7. The topological polar surface area (TPSA) is 60.5 Å². The fraction of sp³-hybridized carbons (Fsp3) is 0.500. The average molecular weight is 404 g/mol. The van der Waals surface area contributed by atoms with Crippen LogP contribution >= 0.6 is 0 Å². The van der Waals surface area contributed by atoms with E-state index in [-0.39, 0.29) is 22.8 Å². The highest BCUT2D eigenvalue weighted by Gasteiger charge is 2.49. The second-order valence-electron chi connectivity index (χ2n) is 10.3. The molecule has 0 bridgehead atoms. The van der Waals surface area contributed by atoms with E-state index in [0.29, 0.717) is 6.54 Å². The molecule has 2 aromatic rings. The van der Waals surface area contributed by atoms with E-state index in [2.05, 4.69) is 58.6 Å². The number of hydrogen-bond donors (Lipinski definition) is 2. The quantitative estimate of drug-likeness (QED) is 0.801. The van der Waals surface area contributed by atoms with Gasteiger partial charge in [0, 0.05) is 43.0 Å². The number of rotatable bonds is 2. The van der Waals surface area contributed by atoms with Crippen molar-refractivity contribution in [2.24, 2.45) is 11.3 Å². The van der Waals surface area contributed by atoms with E-state index in [4.69, 9.17) is 0 Å². The molecular weight excluding hydrogens is 374 g/mol. The van der Waals surface area contributed by atoms with Crippen LogP contribution in [0.4, 0.5) is 22.9 Å². The molecule has 156 valence electrons. The monoisotopic (exact) mass is 403 g/mol. The maximum atomic E-state index is 13.6. The summed E-state index contributed by atoms with van der Waals surface area (Å²) in [6.45, 7) is 8.26. The Morgan fingerprint density at radius 1 is 1.20 bits per heavy atom. The number of fused-ring (bicyclic) bond motifs is 2. The number of pyridine rings is 1. The van der Waals surface area contributed by atoms with Crippen molar-refractivity contribution in [2.75, 3.05) is 34.8 Å². The molecule has 6 rings (SSSR count). The molecule has 1 spiro atoms. The van der Waals surface area contributed by atoms with Gasteiger partial charge in [0.25, 0.3) is 0 Å². The normalized spacial score (nSPS) is 23.3. The number of benzene rings is 1. The van der Waals surface area contributed by atoms with Crippen LogP contribution in [0.5, 0.6) is 0 Å². The SMILES string of the molecule is CC1(C)CC(C(=O)N2Cc3cccnc3Nc3ccc(N4CCC45CNC5)cc32)C1. The minimum absolute atomic E-state index is 0.112. The largest absolute Gasteiger partial charge is 0.363 e. The van der Waals surface area contributed by atoms with Crippen molar-refractivity contribution in [1.29, 1.82) is 0 Å². The number of nitrogens with zero attached hydrogens (tertiary/aromatic N) is 3. The van der Waals surface area contributed by atoms with Gasteiger partial charge in [0.1, 0.15) is 5.82 Å². The molecule has 0 unspecified atom stereocenters. The molecule has 1 amide bonds. The van der Waals surface area contributed by atoms with Crippen molar-refractivity contribution in [1.82, 2.24) is 10.3 Å². The second kappa shape index (κ2) is 6.20. The van der Waals surface area contributed by atoms with E-state index >= 15 is 0 Å². The van der Waals surface area contributed by atoms with E-state index < -0.39 is 0 Å². The lowest BCUT2D eigenvalue weighted by Gasteiger charge is -2.60. The molecule has 1 aliphatic carbocycles. The summed E-state index contributed by atoms with van der Waals surface area (Å²) in [7, 11) is 0. The molecule has 1 aromatic carbocycles. The van der Waals surface area contributed by atoms with Gasteiger partial charge in [0.2, 0.25) is 5.91 Å². The van der Waals surface area contributed by atoms with Crippen molar-refractivity contribution in [2.45, 2.75) is 45.2 Å². The highest BCUT2D eigenvalue weighted by Crippen LogP contribution is 2.48. The Hall–Kier alpha value is -2.60. The minimum Gasteiger partial charge on any atom is -0.363 e. The molecule has 4 aliphatic rings. The molecule has 3 aliphatic heterocycles. The lowest BCUT2D eigenvalue weighted by atomic mass is 9.64. The van der Waals surface area contributed by atoms with Crippen molar-refractivity contribution >= 4 is 28.8 Å². The van der Waals surface area contributed by atoms with Crippen LogP contribution in [0, 0.1) is 11.3 Å². The number of aromatic nitrogens is 1. The van der Waals surface area contributed by atoms with Gasteiger partial charge >= 0.3 is 0 Å². The van der Waals surface area contributed by atoms with Crippen LogP contribution in [0.25, 0.3) is 0 Å². The third-order valence-electron chi connectivity index (χ3n) is 7.55. The van der Waals surface area contributed by atoms with Crippen molar-refractivity contribution < 1.29 is 4.79 Å². The van der Waals surface area contributed by atoms with E-state index in [1.807, 2.05) is 11.0 Å². The highest BCUT2D eigenvalue weighted by molar-refractivity contribution is 6.00. The zero-order valence-electron chi connectivity index (χ0n) is 17.7. The van der Waals surface area contributed by atoms with E-state index in [0.717, 1.165) is 55.2 Å². The number of nitrogens with one attached hydrogen (secondary N) is 2. The van der Waals surface area contributed by atoms with Gasteiger partial charge in [-0.2, -0.15) is 0 Å². The predicted molar refractivity (Wildman–Crippen MR) is 119 cm³/mol. The van der Waals surface area contributed by atoms with Gasteiger partial charge in [0.05, 0.1) is 23.5 Å². The number of carbonyl (C=O) groups is 1. The summed E-state index contributed by atoms with van der Waals surface area (Å²) in [4.78, 5) is 22.7. The van der Waals surface area contributed by atoms with Gasteiger partial charge in [-0.25, -0.2) is 4.98 Å². The first-order valence-electron chi connectivity index (χ1n) is 11.1. The van der Waals surface area contributed by atoms with Crippen LogP contribution in [0.15, 0.2) is 36.5 Å².